The molecule has 1 atom stereocenters. The molecule has 1 unspecified atom stereocenters. The van der Waals surface area contributed by atoms with Gasteiger partial charge in [0.25, 0.3) is 0 Å². The highest BCUT2D eigenvalue weighted by Crippen LogP contribution is 2.21. The van der Waals surface area contributed by atoms with Crippen LogP contribution in [0.25, 0.3) is 0 Å². The lowest BCUT2D eigenvalue weighted by atomic mass is 9.98. The highest BCUT2D eigenvalue weighted by molar-refractivity contribution is 5.79. The topological polar surface area (TPSA) is 48.9 Å². The Balaban J connectivity index is 1.70. The van der Waals surface area contributed by atoms with Gasteiger partial charge in [0.15, 0.2) is 5.96 Å². The van der Waals surface area contributed by atoms with Gasteiger partial charge in [0.1, 0.15) is 5.75 Å². The summed E-state index contributed by atoms with van der Waals surface area (Å²) in [5, 5.41) is 7.03. The summed E-state index contributed by atoms with van der Waals surface area (Å²) in [4.78, 5) is 6.82. The number of likely N-dealkylation sites (tertiary alicyclic amines) is 1. The predicted molar refractivity (Wildman–Crippen MR) is 110 cm³/mol. The Morgan fingerprint density at radius 1 is 1.35 bits per heavy atom. The monoisotopic (exact) mass is 358 g/mol. The summed E-state index contributed by atoms with van der Waals surface area (Å²) in [6.07, 6.45) is 5.34. The van der Waals surface area contributed by atoms with Crippen molar-refractivity contribution in [3.8, 4) is 5.75 Å². The quantitative estimate of drug-likeness (QED) is 0.426. The molecule has 0 bridgehead atoms. The van der Waals surface area contributed by atoms with Gasteiger partial charge in [-0.3, -0.25) is 9.89 Å². The van der Waals surface area contributed by atoms with Gasteiger partial charge in [0, 0.05) is 39.3 Å². The molecule has 0 spiro atoms. The first kappa shape index (κ1) is 20.3. The van der Waals surface area contributed by atoms with Crippen LogP contribution in [0, 0.1) is 0 Å². The number of aliphatic imine (C=N–C) groups is 1. The van der Waals surface area contributed by atoms with E-state index in [4.69, 9.17) is 4.74 Å². The number of piperidine rings is 1. The second kappa shape index (κ2) is 10.9. The lowest BCUT2D eigenvalue weighted by Crippen LogP contribution is -2.48. The molecule has 26 heavy (non-hydrogen) atoms. The van der Waals surface area contributed by atoms with Crippen LogP contribution in [0.1, 0.15) is 37.7 Å². The molecule has 5 nitrogen and oxygen atoms in total. The summed E-state index contributed by atoms with van der Waals surface area (Å²) in [7, 11) is 3.54. The summed E-state index contributed by atoms with van der Waals surface area (Å²) in [5.41, 5.74) is 1.34. The second-order valence-electron chi connectivity index (χ2n) is 6.97. The van der Waals surface area contributed by atoms with Crippen LogP contribution in [0.3, 0.4) is 0 Å². The number of ether oxygens (including phenoxy) is 1. The van der Waals surface area contributed by atoms with E-state index in [1.54, 1.807) is 7.11 Å². The largest absolute Gasteiger partial charge is 0.497 e. The molecule has 0 aliphatic carbocycles. The van der Waals surface area contributed by atoms with Crippen molar-refractivity contribution in [1.29, 1.82) is 0 Å². The fourth-order valence-corrected chi connectivity index (χ4v) is 3.34. The number of rotatable bonds is 8. The summed E-state index contributed by atoms with van der Waals surface area (Å²) in [5.74, 6) is 2.31. The minimum atomic E-state index is 0.494. The minimum Gasteiger partial charge on any atom is -0.497 e. The zero-order valence-corrected chi connectivity index (χ0v) is 16.5. The standard InChI is InChI=1S/C21H34N4O/c1-5-14-25-15-11-19(12-16-25)24-21(22-3)23-13-10-17(2)18-6-8-20(26-4)9-7-18/h5-9,17,19H,1,10-16H2,2-4H3,(H2,22,23,24). The summed E-state index contributed by atoms with van der Waals surface area (Å²) >= 11 is 0. The summed E-state index contributed by atoms with van der Waals surface area (Å²) < 4.78 is 5.22. The SMILES string of the molecule is C=CCN1CCC(NC(=NC)NCCC(C)c2ccc(OC)cc2)CC1. The molecule has 144 valence electrons. The van der Waals surface area contributed by atoms with Gasteiger partial charge in [-0.1, -0.05) is 25.1 Å². The number of hydrogen-bond acceptors (Lipinski definition) is 3. The molecule has 1 aliphatic rings. The molecule has 1 aromatic rings. The maximum Gasteiger partial charge on any atom is 0.191 e. The molecule has 0 saturated carbocycles. The van der Waals surface area contributed by atoms with Gasteiger partial charge >= 0.3 is 0 Å². The zero-order valence-electron chi connectivity index (χ0n) is 16.5. The van der Waals surface area contributed by atoms with E-state index in [0.29, 0.717) is 12.0 Å². The number of guanidine groups is 1. The maximum atomic E-state index is 5.22. The van der Waals surface area contributed by atoms with Crippen LogP contribution in [0.15, 0.2) is 41.9 Å². The van der Waals surface area contributed by atoms with Crippen molar-refractivity contribution >= 4 is 5.96 Å². The van der Waals surface area contributed by atoms with E-state index in [0.717, 1.165) is 57.2 Å². The van der Waals surface area contributed by atoms with Crippen LogP contribution in [-0.2, 0) is 0 Å². The molecule has 0 amide bonds. The molecule has 2 rings (SSSR count). The minimum absolute atomic E-state index is 0.494. The van der Waals surface area contributed by atoms with E-state index in [9.17, 15) is 0 Å². The summed E-state index contributed by atoms with van der Waals surface area (Å²) in [6, 6.07) is 8.85. The van der Waals surface area contributed by atoms with Crippen molar-refractivity contribution in [2.24, 2.45) is 4.99 Å². The van der Waals surface area contributed by atoms with Gasteiger partial charge in [0.2, 0.25) is 0 Å². The van der Waals surface area contributed by atoms with Gasteiger partial charge in [-0.05, 0) is 42.9 Å². The molecule has 1 aliphatic heterocycles. The molecular formula is C21H34N4O. The number of benzene rings is 1. The van der Waals surface area contributed by atoms with E-state index < -0.39 is 0 Å². The van der Waals surface area contributed by atoms with Crippen molar-refractivity contribution in [2.75, 3.05) is 40.3 Å². The van der Waals surface area contributed by atoms with E-state index >= 15 is 0 Å². The molecule has 1 fully saturated rings. The van der Waals surface area contributed by atoms with E-state index in [1.165, 1.54) is 5.56 Å². The van der Waals surface area contributed by atoms with Crippen LogP contribution < -0.4 is 15.4 Å². The van der Waals surface area contributed by atoms with Crippen LogP contribution in [0.4, 0.5) is 0 Å². The van der Waals surface area contributed by atoms with Crippen molar-refractivity contribution in [1.82, 2.24) is 15.5 Å². The first-order chi connectivity index (χ1) is 12.7. The fourth-order valence-electron chi connectivity index (χ4n) is 3.34. The Morgan fingerprint density at radius 2 is 2.04 bits per heavy atom. The Labute approximate surface area is 158 Å². The molecule has 1 saturated heterocycles. The first-order valence-corrected chi connectivity index (χ1v) is 9.60. The van der Waals surface area contributed by atoms with Gasteiger partial charge in [-0.15, -0.1) is 6.58 Å². The Kier molecular flexibility index (Phi) is 8.48. The normalized spacial score (nSPS) is 17.6. The van der Waals surface area contributed by atoms with Crippen LogP contribution in [0.5, 0.6) is 5.75 Å². The van der Waals surface area contributed by atoms with Crippen molar-refractivity contribution in [2.45, 2.75) is 38.1 Å². The molecule has 5 heteroatoms. The lowest BCUT2D eigenvalue weighted by molar-refractivity contribution is 0.225. The zero-order chi connectivity index (χ0) is 18.8. The van der Waals surface area contributed by atoms with Gasteiger partial charge in [-0.2, -0.15) is 0 Å². The molecule has 0 radical (unpaired) electrons. The predicted octanol–water partition coefficient (Wildman–Crippen LogP) is 3.00. The second-order valence-corrected chi connectivity index (χ2v) is 6.97. The molecule has 2 N–H and O–H groups in total. The van der Waals surface area contributed by atoms with Crippen LogP contribution in [0.2, 0.25) is 0 Å². The number of hydrogen-bond donors (Lipinski definition) is 2. The van der Waals surface area contributed by atoms with E-state index in [2.05, 4.69) is 46.2 Å². The van der Waals surface area contributed by atoms with E-state index in [1.807, 2.05) is 25.3 Å². The third-order valence-electron chi connectivity index (χ3n) is 5.09. The van der Waals surface area contributed by atoms with Gasteiger partial charge < -0.3 is 15.4 Å². The number of methoxy groups -OCH3 is 1. The number of nitrogens with one attached hydrogen (secondary N) is 2. The summed E-state index contributed by atoms with van der Waals surface area (Å²) in [6.45, 7) is 10.2. The third kappa shape index (κ3) is 6.37. The average Bonchev–Trinajstić information content (AvgIpc) is 2.68. The Bertz CT molecular complexity index is 562. The smallest absolute Gasteiger partial charge is 0.191 e. The fraction of sp³-hybridized carbons (Fsp3) is 0.571. The maximum absolute atomic E-state index is 5.22. The lowest BCUT2D eigenvalue weighted by Gasteiger charge is -2.32. The highest BCUT2D eigenvalue weighted by Gasteiger charge is 2.19. The highest BCUT2D eigenvalue weighted by atomic mass is 16.5. The molecule has 1 aromatic carbocycles. The molecular weight excluding hydrogens is 324 g/mol. The van der Waals surface area contributed by atoms with Crippen molar-refractivity contribution in [3.63, 3.8) is 0 Å². The van der Waals surface area contributed by atoms with Crippen molar-refractivity contribution in [3.05, 3.63) is 42.5 Å². The number of nitrogens with zero attached hydrogens (tertiary/aromatic N) is 2. The average molecular weight is 359 g/mol. The van der Waals surface area contributed by atoms with Crippen LogP contribution >= 0.6 is 0 Å². The van der Waals surface area contributed by atoms with Crippen molar-refractivity contribution < 1.29 is 4.74 Å². The Morgan fingerprint density at radius 3 is 2.62 bits per heavy atom. The van der Waals surface area contributed by atoms with Gasteiger partial charge in [0.05, 0.1) is 7.11 Å². The molecule has 0 aromatic heterocycles. The third-order valence-corrected chi connectivity index (χ3v) is 5.09. The van der Waals surface area contributed by atoms with E-state index in [-0.39, 0.29) is 0 Å². The van der Waals surface area contributed by atoms with Crippen LogP contribution in [-0.4, -0.2) is 57.2 Å². The molecule has 1 heterocycles. The first-order valence-electron chi connectivity index (χ1n) is 9.60. The van der Waals surface area contributed by atoms with Gasteiger partial charge in [-0.25, -0.2) is 0 Å². The Hall–Kier alpha value is -2.01.